The summed E-state index contributed by atoms with van der Waals surface area (Å²) in [7, 11) is -1.44. The van der Waals surface area contributed by atoms with Gasteiger partial charge in [0.05, 0.1) is 11.5 Å². The Morgan fingerprint density at radius 2 is 1.96 bits per heavy atom. The van der Waals surface area contributed by atoms with E-state index in [4.69, 9.17) is 9.84 Å². The van der Waals surface area contributed by atoms with Gasteiger partial charge in [0.1, 0.15) is 11.6 Å². The molecule has 0 radical (unpaired) electrons. The number of sulfone groups is 1. The van der Waals surface area contributed by atoms with Crippen LogP contribution in [0.3, 0.4) is 0 Å². The number of aromatic carboxylic acids is 1. The third-order valence-electron chi connectivity index (χ3n) is 3.48. The number of benzene rings is 1. The van der Waals surface area contributed by atoms with E-state index in [1.165, 1.54) is 18.2 Å². The number of nitrogens with zero attached hydrogens (tertiary/aromatic N) is 2. The van der Waals surface area contributed by atoms with Crippen molar-refractivity contribution in [2.24, 2.45) is 0 Å². The zero-order valence-electron chi connectivity index (χ0n) is 14.0. The number of carboxylic acid groups (broad SMARTS) is 1. The van der Waals surface area contributed by atoms with Gasteiger partial charge in [-0.2, -0.15) is 0 Å². The van der Waals surface area contributed by atoms with Crippen LogP contribution in [0.5, 0.6) is 5.75 Å². The maximum atomic E-state index is 11.5. The summed E-state index contributed by atoms with van der Waals surface area (Å²) in [6.07, 6.45) is 1.82. The highest BCUT2D eigenvalue weighted by Crippen LogP contribution is 2.17. The number of hydrogen-bond donors (Lipinski definition) is 1. The number of carbonyl (C=O) groups is 1. The maximum Gasteiger partial charge on any atom is 0.354 e. The average molecular weight is 364 g/mol. The van der Waals surface area contributed by atoms with E-state index >= 15 is 0 Å². The highest BCUT2D eigenvalue weighted by atomic mass is 32.2. The summed E-state index contributed by atoms with van der Waals surface area (Å²) in [5.41, 5.74) is -0.00168. The zero-order valence-corrected chi connectivity index (χ0v) is 14.9. The number of aromatic nitrogens is 1. The molecule has 1 aromatic heterocycles. The molecule has 1 heterocycles. The minimum atomic E-state index is -3.26. The minimum absolute atomic E-state index is 0.00168. The lowest BCUT2D eigenvalue weighted by Gasteiger charge is -2.18. The zero-order chi connectivity index (χ0) is 18.4. The maximum absolute atomic E-state index is 11.5. The third-order valence-corrected chi connectivity index (χ3v) is 4.60. The summed E-state index contributed by atoms with van der Waals surface area (Å²) in [5.74, 6) is -0.0000991. The summed E-state index contributed by atoms with van der Waals surface area (Å²) in [5, 5.41) is 8.97. The van der Waals surface area contributed by atoms with Gasteiger partial charge in [-0.05, 0) is 36.8 Å². The Morgan fingerprint density at radius 3 is 2.64 bits per heavy atom. The van der Waals surface area contributed by atoms with Gasteiger partial charge < -0.3 is 14.7 Å². The Labute approximate surface area is 146 Å². The lowest BCUT2D eigenvalue weighted by Crippen LogP contribution is -2.22. The molecule has 0 unspecified atom stereocenters. The summed E-state index contributed by atoms with van der Waals surface area (Å²) < 4.78 is 28.6. The van der Waals surface area contributed by atoms with Gasteiger partial charge >= 0.3 is 5.97 Å². The van der Waals surface area contributed by atoms with Gasteiger partial charge in [0.2, 0.25) is 0 Å². The molecule has 0 saturated heterocycles. The van der Waals surface area contributed by atoms with Crippen molar-refractivity contribution < 1.29 is 23.1 Å². The second kappa shape index (κ2) is 7.98. The minimum Gasteiger partial charge on any atom is -0.493 e. The molecule has 2 rings (SSSR count). The predicted molar refractivity (Wildman–Crippen MR) is 94.1 cm³/mol. The fraction of sp³-hybridized carbons (Fsp3) is 0.294. The Hall–Kier alpha value is -2.61. The quantitative estimate of drug-likeness (QED) is 0.716. The molecular weight excluding hydrogens is 344 g/mol. The van der Waals surface area contributed by atoms with Crippen LogP contribution >= 0.6 is 0 Å². The van der Waals surface area contributed by atoms with Gasteiger partial charge in [0.15, 0.2) is 15.5 Å². The van der Waals surface area contributed by atoms with Crippen LogP contribution in [0.4, 0.5) is 5.82 Å². The van der Waals surface area contributed by atoms with Crippen LogP contribution in [0.15, 0.2) is 47.4 Å². The smallest absolute Gasteiger partial charge is 0.354 e. The van der Waals surface area contributed by atoms with Crippen molar-refractivity contribution in [3.8, 4) is 5.75 Å². The van der Waals surface area contributed by atoms with Gasteiger partial charge in [0.25, 0.3) is 0 Å². The Morgan fingerprint density at radius 1 is 1.24 bits per heavy atom. The van der Waals surface area contributed by atoms with Gasteiger partial charge in [-0.1, -0.05) is 12.1 Å². The molecule has 0 saturated carbocycles. The van der Waals surface area contributed by atoms with E-state index in [9.17, 15) is 13.2 Å². The SMILES string of the molecule is CN(CCCOc1cccc(S(C)(=O)=O)c1)c1cccc(C(=O)O)n1. The van der Waals surface area contributed by atoms with E-state index < -0.39 is 15.8 Å². The summed E-state index contributed by atoms with van der Waals surface area (Å²) >= 11 is 0. The van der Waals surface area contributed by atoms with Crippen molar-refractivity contribution in [2.75, 3.05) is 31.4 Å². The topological polar surface area (TPSA) is 96.8 Å². The number of carboxylic acids is 1. The lowest BCUT2D eigenvalue weighted by atomic mass is 10.3. The van der Waals surface area contributed by atoms with E-state index in [1.807, 2.05) is 11.9 Å². The number of hydrogen-bond acceptors (Lipinski definition) is 6. The number of anilines is 1. The molecule has 0 aliphatic carbocycles. The van der Waals surface area contributed by atoms with E-state index in [1.54, 1.807) is 24.3 Å². The number of ether oxygens (including phenoxy) is 1. The van der Waals surface area contributed by atoms with Gasteiger partial charge in [-0.15, -0.1) is 0 Å². The first-order valence-corrected chi connectivity index (χ1v) is 9.51. The molecule has 134 valence electrons. The molecule has 0 fully saturated rings. The van der Waals surface area contributed by atoms with Gasteiger partial charge in [0, 0.05) is 19.8 Å². The standard InChI is InChI=1S/C17H20N2O5S/c1-19(16-9-4-8-15(18-16)17(20)21)10-5-11-24-13-6-3-7-14(12-13)25(2,22)23/h3-4,6-9,12H,5,10-11H2,1-2H3,(H,20,21). The molecular formula is C17H20N2O5S. The van der Waals surface area contributed by atoms with Crippen LogP contribution in [0.2, 0.25) is 0 Å². The first-order valence-electron chi connectivity index (χ1n) is 7.62. The summed E-state index contributed by atoms with van der Waals surface area (Å²) in [6, 6.07) is 11.2. The van der Waals surface area contributed by atoms with Crippen LogP contribution < -0.4 is 9.64 Å². The number of rotatable bonds is 8. The van der Waals surface area contributed by atoms with Crippen LogP contribution in [-0.4, -0.2) is 50.9 Å². The fourth-order valence-corrected chi connectivity index (χ4v) is 2.81. The fourth-order valence-electron chi connectivity index (χ4n) is 2.16. The normalized spacial score (nSPS) is 11.1. The molecule has 0 aliphatic rings. The molecule has 0 amide bonds. The van der Waals surface area contributed by atoms with Crippen molar-refractivity contribution in [2.45, 2.75) is 11.3 Å². The predicted octanol–water partition coefficient (Wildman–Crippen LogP) is 2.09. The van der Waals surface area contributed by atoms with Crippen LogP contribution in [-0.2, 0) is 9.84 Å². The van der Waals surface area contributed by atoms with Crippen molar-refractivity contribution >= 4 is 21.6 Å². The second-order valence-electron chi connectivity index (χ2n) is 5.56. The third kappa shape index (κ3) is 5.46. The Balaban J connectivity index is 1.87. The molecule has 25 heavy (non-hydrogen) atoms. The largest absolute Gasteiger partial charge is 0.493 e. The summed E-state index contributed by atoms with van der Waals surface area (Å²) in [4.78, 5) is 17.1. The molecule has 8 heteroatoms. The van der Waals surface area contributed by atoms with E-state index in [0.717, 1.165) is 6.26 Å². The highest BCUT2D eigenvalue weighted by Gasteiger charge is 2.09. The van der Waals surface area contributed by atoms with Crippen molar-refractivity contribution in [1.82, 2.24) is 4.98 Å². The number of pyridine rings is 1. The molecule has 0 atom stereocenters. The molecule has 7 nitrogen and oxygen atoms in total. The molecule has 0 spiro atoms. The van der Waals surface area contributed by atoms with Crippen molar-refractivity contribution in [3.05, 3.63) is 48.2 Å². The first kappa shape index (κ1) is 18.7. The molecule has 0 aliphatic heterocycles. The molecule has 0 bridgehead atoms. The second-order valence-corrected chi connectivity index (χ2v) is 7.57. The van der Waals surface area contributed by atoms with Crippen molar-refractivity contribution in [3.63, 3.8) is 0 Å². The lowest BCUT2D eigenvalue weighted by molar-refractivity contribution is 0.0690. The van der Waals surface area contributed by atoms with Crippen molar-refractivity contribution in [1.29, 1.82) is 0 Å². The van der Waals surface area contributed by atoms with Crippen LogP contribution in [0.25, 0.3) is 0 Å². The van der Waals surface area contributed by atoms with Gasteiger partial charge in [-0.3, -0.25) is 0 Å². The average Bonchev–Trinajstić information content (AvgIpc) is 2.58. The Kier molecular flexibility index (Phi) is 5.97. The summed E-state index contributed by atoms with van der Waals surface area (Å²) in [6.45, 7) is 1.01. The first-order chi connectivity index (χ1) is 11.8. The molecule has 1 aromatic carbocycles. The van der Waals surface area contributed by atoms with Gasteiger partial charge in [-0.25, -0.2) is 18.2 Å². The Bertz CT molecular complexity index is 852. The van der Waals surface area contributed by atoms with Crippen LogP contribution in [0.1, 0.15) is 16.9 Å². The van der Waals surface area contributed by atoms with Crippen LogP contribution in [0, 0.1) is 0 Å². The van der Waals surface area contributed by atoms with E-state index in [2.05, 4.69) is 4.98 Å². The molecule has 2 aromatic rings. The molecule has 1 N–H and O–H groups in total. The van der Waals surface area contributed by atoms with E-state index in [-0.39, 0.29) is 10.6 Å². The monoisotopic (exact) mass is 364 g/mol. The highest BCUT2D eigenvalue weighted by molar-refractivity contribution is 7.90. The van der Waals surface area contributed by atoms with E-state index in [0.29, 0.717) is 31.1 Å².